The molecule has 106 valence electrons. The molecule has 0 amide bonds. The highest BCUT2D eigenvalue weighted by molar-refractivity contribution is 7.89. The maximum Gasteiger partial charge on any atom is 0.240 e. The van der Waals surface area contributed by atoms with Crippen LogP contribution in [0.15, 0.2) is 47.4 Å². The lowest BCUT2D eigenvalue weighted by molar-refractivity contribution is 0.581. The lowest BCUT2D eigenvalue weighted by Gasteiger charge is -2.08. The van der Waals surface area contributed by atoms with E-state index < -0.39 is 10.0 Å². The maximum atomic E-state index is 12.1. The third-order valence-electron chi connectivity index (χ3n) is 2.66. The Morgan fingerprint density at radius 3 is 2.30 bits per heavy atom. The standard InChI is InChI=1S/C13H12Cl2N2O2S/c14-10-3-1-9(2-4-10)8-17-20(18,19)11-5-6-13(16)12(15)7-11/h1-7,17H,8,16H2. The largest absolute Gasteiger partial charge is 0.398 e. The minimum Gasteiger partial charge on any atom is -0.398 e. The summed E-state index contributed by atoms with van der Waals surface area (Å²) in [7, 11) is -3.63. The summed E-state index contributed by atoms with van der Waals surface area (Å²) in [6.07, 6.45) is 0. The summed E-state index contributed by atoms with van der Waals surface area (Å²) in [4.78, 5) is 0.0747. The second-order valence-electron chi connectivity index (χ2n) is 4.13. The number of halogens is 2. The van der Waals surface area contributed by atoms with Crippen molar-refractivity contribution in [2.24, 2.45) is 0 Å². The van der Waals surface area contributed by atoms with Crippen LogP contribution in [0.25, 0.3) is 0 Å². The predicted octanol–water partition coefficient (Wildman–Crippen LogP) is 3.05. The smallest absolute Gasteiger partial charge is 0.240 e. The summed E-state index contributed by atoms with van der Waals surface area (Å²) < 4.78 is 26.7. The first-order valence-electron chi connectivity index (χ1n) is 5.67. The maximum absolute atomic E-state index is 12.1. The van der Waals surface area contributed by atoms with Gasteiger partial charge >= 0.3 is 0 Å². The topological polar surface area (TPSA) is 72.2 Å². The van der Waals surface area contributed by atoms with Gasteiger partial charge in [0.25, 0.3) is 0 Å². The van der Waals surface area contributed by atoms with Gasteiger partial charge in [-0.2, -0.15) is 0 Å². The van der Waals surface area contributed by atoms with E-state index in [-0.39, 0.29) is 16.5 Å². The molecule has 0 unspecified atom stereocenters. The van der Waals surface area contributed by atoms with Crippen molar-refractivity contribution in [1.82, 2.24) is 4.72 Å². The quantitative estimate of drug-likeness (QED) is 0.846. The zero-order valence-electron chi connectivity index (χ0n) is 10.3. The molecule has 2 aromatic carbocycles. The van der Waals surface area contributed by atoms with Gasteiger partial charge in [-0.15, -0.1) is 0 Å². The van der Waals surface area contributed by atoms with Gasteiger partial charge in [0.05, 0.1) is 15.6 Å². The van der Waals surface area contributed by atoms with Gasteiger partial charge in [-0.05, 0) is 35.9 Å². The zero-order valence-corrected chi connectivity index (χ0v) is 12.6. The first-order chi connectivity index (χ1) is 9.38. The molecule has 0 heterocycles. The van der Waals surface area contributed by atoms with Crippen molar-refractivity contribution in [1.29, 1.82) is 0 Å². The van der Waals surface area contributed by atoms with Crippen LogP contribution in [0.4, 0.5) is 5.69 Å². The molecule has 0 saturated heterocycles. The fraction of sp³-hybridized carbons (Fsp3) is 0.0769. The molecule has 0 bridgehead atoms. The average molecular weight is 331 g/mol. The fourth-order valence-electron chi connectivity index (χ4n) is 1.54. The molecule has 0 fully saturated rings. The van der Waals surface area contributed by atoms with Crippen LogP contribution in [0.2, 0.25) is 10.0 Å². The van der Waals surface area contributed by atoms with Crippen molar-refractivity contribution in [3.05, 3.63) is 58.1 Å². The van der Waals surface area contributed by atoms with Crippen molar-refractivity contribution in [3.63, 3.8) is 0 Å². The number of rotatable bonds is 4. The van der Waals surface area contributed by atoms with E-state index in [1.165, 1.54) is 18.2 Å². The normalized spacial score (nSPS) is 11.5. The molecule has 0 aliphatic heterocycles. The number of benzene rings is 2. The van der Waals surface area contributed by atoms with E-state index >= 15 is 0 Å². The number of anilines is 1. The van der Waals surface area contributed by atoms with Gasteiger partial charge in [-0.25, -0.2) is 13.1 Å². The monoisotopic (exact) mass is 330 g/mol. The Balaban J connectivity index is 2.14. The van der Waals surface area contributed by atoms with Crippen LogP contribution in [-0.4, -0.2) is 8.42 Å². The second kappa shape index (κ2) is 6.01. The molecule has 2 rings (SSSR count). The molecule has 0 aliphatic carbocycles. The molecule has 7 heteroatoms. The zero-order chi connectivity index (χ0) is 14.8. The molecular weight excluding hydrogens is 319 g/mol. The van der Waals surface area contributed by atoms with E-state index in [4.69, 9.17) is 28.9 Å². The number of hydrogen-bond acceptors (Lipinski definition) is 3. The SMILES string of the molecule is Nc1ccc(S(=O)(=O)NCc2ccc(Cl)cc2)cc1Cl. The van der Waals surface area contributed by atoms with Crippen LogP contribution in [-0.2, 0) is 16.6 Å². The van der Waals surface area contributed by atoms with E-state index in [1.54, 1.807) is 24.3 Å². The van der Waals surface area contributed by atoms with Gasteiger partial charge in [-0.1, -0.05) is 35.3 Å². The highest BCUT2D eigenvalue weighted by atomic mass is 35.5. The number of nitrogen functional groups attached to an aromatic ring is 1. The van der Waals surface area contributed by atoms with Crippen molar-refractivity contribution in [3.8, 4) is 0 Å². The molecule has 0 saturated carbocycles. The van der Waals surface area contributed by atoms with Gasteiger partial charge in [0.15, 0.2) is 0 Å². The minimum atomic E-state index is -3.63. The highest BCUT2D eigenvalue weighted by Gasteiger charge is 2.14. The van der Waals surface area contributed by atoms with Crippen LogP contribution < -0.4 is 10.5 Å². The lowest BCUT2D eigenvalue weighted by atomic mass is 10.2. The van der Waals surface area contributed by atoms with Crippen LogP contribution in [0.3, 0.4) is 0 Å². The molecule has 0 radical (unpaired) electrons. The number of hydrogen-bond donors (Lipinski definition) is 2. The first-order valence-corrected chi connectivity index (χ1v) is 7.91. The van der Waals surface area contributed by atoms with Crippen LogP contribution in [0.5, 0.6) is 0 Å². The molecule has 0 aliphatic rings. The molecule has 0 aromatic heterocycles. The lowest BCUT2D eigenvalue weighted by Crippen LogP contribution is -2.23. The third kappa shape index (κ3) is 3.64. The van der Waals surface area contributed by atoms with Crippen molar-refractivity contribution < 1.29 is 8.42 Å². The molecule has 20 heavy (non-hydrogen) atoms. The average Bonchev–Trinajstić information content (AvgIpc) is 2.41. The molecule has 0 spiro atoms. The second-order valence-corrected chi connectivity index (χ2v) is 6.74. The van der Waals surface area contributed by atoms with E-state index in [0.29, 0.717) is 10.7 Å². The van der Waals surface area contributed by atoms with Gasteiger partial charge in [-0.3, -0.25) is 0 Å². The third-order valence-corrected chi connectivity index (χ3v) is 4.64. The van der Waals surface area contributed by atoms with Gasteiger partial charge in [0.1, 0.15) is 0 Å². The minimum absolute atomic E-state index is 0.0747. The Bertz CT molecular complexity index is 716. The Kier molecular flexibility index (Phi) is 4.55. The molecule has 3 N–H and O–H groups in total. The van der Waals surface area contributed by atoms with Gasteiger partial charge in [0.2, 0.25) is 10.0 Å². The summed E-state index contributed by atoms with van der Waals surface area (Å²) >= 11 is 11.6. The van der Waals surface area contributed by atoms with Crippen LogP contribution in [0, 0.1) is 0 Å². The van der Waals surface area contributed by atoms with E-state index in [1.807, 2.05) is 0 Å². The Hall–Kier alpha value is -1.27. The number of nitrogens with two attached hydrogens (primary N) is 1. The number of sulfonamides is 1. The Morgan fingerprint density at radius 2 is 1.70 bits per heavy atom. The molecule has 4 nitrogen and oxygen atoms in total. The van der Waals surface area contributed by atoms with E-state index in [9.17, 15) is 8.42 Å². The van der Waals surface area contributed by atoms with Crippen molar-refractivity contribution in [2.75, 3.05) is 5.73 Å². The Morgan fingerprint density at radius 1 is 1.05 bits per heavy atom. The van der Waals surface area contributed by atoms with E-state index in [0.717, 1.165) is 5.56 Å². The fourth-order valence-corrected chi connectivity index (χ4v) is 2.95. The summed E-state index contributed by atoms with van der Waals surface area (Å²) in [5.41, 5.74) is 6.69. The summed E-state index contributed by atoms with van der Waals surface area (Å²) in [5, 5.41) is 0.807. The summed E-state index contributed by atoms with van der Waals surface area (Å²) in [6.45, 7) is 0.168. The predicted molar refractivity (Wildman–Crippen MR) is 81.3 cm³/mol. The Labute approximate surface area is 127 Å². The van der Waals surface area contributed by atoms with E-state index in [2.05, 4.69) is 4.72 Å². The van der Waals surface area contributed by atoms with Crippen molar-refractivity contribution >= 4 is 38.9 Å². The van der Waals surface area contributed by atoms with Crippen molar-refractivity contribution in [2.45, 2.75) is 11.4 Å². The molecule has 0 atom stereocenters. The van der Waals surface area contributed by atoms with Crippen LogP contribution in [0.1, 0.15) is 5.56 Å². The first kappa shape index (κ1) is 15.1. The van der Waals surface area contributed by atoms with Crippen LogP contribution >= 0.6 is 23.2 Å². The summed E-state index contributed by atoms with van der Waals surface area (Å²) in [6, 6.07) is 11.1. The number of nitrogens with one attached hydrogen (secondary N) is 1. The van der Waals surface area contributed by atoms with Gasteiger partial charge in [0, 0.05) is 11.6 Å². The molecular formula is C13H12Cl2N2O2S. The molecule has 2 aromatic rings. The van der Waals surface area contributed by atoms with Gasteiger partial charge < -0.3 is 5.73 Å². The summed E-state index contributed by atoms with van der Waals surface area (Å²) in [5.74, 6) is 0. The highest BCUT2D eigenvalue weighted by Crippen LogP contribution is 2.22.